The highest BCUT2D eigenvalue weighted by Gasteiger charge is 2.20. The molecule has 1 aliphatic rings. The molecule has 0 saturated heterocycles. The Bertz CT molecular complexity index is 328. The highest BCUT2D eigenvalue weighted by Crippen LogP contribution is 2.32. The molecule has 0 aliphatic heterocycles. The minimum Gasteiger partial charge on any atom is -0.324 e. The van der Waals surface area contributed by atoms with Crippen LogP contribution in [0.4, 0.5) is 4.39 Å². The maximum absolute atomic E-state index is 12.9. The third kappa shape index (κ3) is 1.80. The molecule has 72 valence electrons. The molecule has 0 bridgehead atoms. The van der Waals surface area contributed by atoms with E-state index >= 15 is 0 Å². The Morgan fingerprint density at radius 1 is 1.46 bits per heavy atom. The molecule has 0 amide bonds. The molecule has 0 radical (unpaired) electrons. The van der Waals surface area contributed by atoms with Crippen molar-refractivity contribution in [1.29, 1.82) is 0 Å². The first-order chi connectivity index (χ1) is 5.68. The smallest absolute Gasteiger partial charge is 0.142 e. The SMILES string of the molecule is Cl.N[C@H]1CCc2cc(F)c(Cl)cc21. The van der Waals surface area contributed by atoms with Crippen LogP contribution in [0.5, 0.6) is 0 Å². The van der Waals surface area contributed by atoms with Crippen LogP contribution < -0.4 is 5.73 Å². The third-order valence-corrected chi connectivity index (χ3v) is 2.60. The van der Waals surface area contributed by atoms with Gasteiger partial charge in [-0.05, 0) is 36.1 Å². The summed E-state index contributed by atoms with van der Waals surface area (Å²) in [6.07, 6.45) is 1.76. The van der Waals surface area contributed by atoms with Crippen molar-refractivity contribution in [3.05, 3.63) is 34.1 Å². The van der Waals surface area contributed by atoms with E-state index < -0.39 is 0 Å². The molecule has 1 nitrogen and oxygen atoms in total. The van der Waals surface area contributed by atoms with Crippen LogP contribution in [0.1, 0.15) is 23.6 Å². The van der Waals surface area contributed by atoms with Crippen LogP contribution in [-0.4, -0.2) is 0 Å². The van der Waals surface area contributed by atoms with Crippen molar-refractivity contribution < 1.29 is 4.39 Å². The summed E-state index contributed by atoms with van der Waals surface area (Å²) in [5, 5.41) is 0.172. The molecule has 0 aromatic heterocycles. The lowest BCUT2D eigenvalue weighted by molar-refractivity contribution is 0.626. The van der Waals surface area contributed by atoms with Crippen molar-refractivity contribution in [3.8, 4) is 0 Å². The Hall–Kier alpha value is -0.310. The Labute approximate surface area is 87.5 Å². The van der Waals surface area contributed by atoms with Gasteiger partial charge in [0.05, 0.1) is 5.02 Å². The first-order valence-electron chi connectivity index (χ1n) is 3.92. The summed E-state index contributed by atoms with van der Waals surface area (Å²) < 4.78 is 12.9. The summed E-state index contributed by atoms with van der Waals surface area (Å²) in [5.41, 5.74) is 7.79. The maximum Gasteiger partial charge on any atom is 0.142 e. The van der Waals surface area contributed by atoms with E-state index in [1.54, 1.807) is 6.07 Å². The number of nitrogens with two attached hydrogens (primary N) is 1. The molecule has 1 aliphatic carbocycles. The lowest BCUT2D eigenvalue weighted by Gasteiger charge is -2.04. The first-order valence-corrected chi connectivity index (χ1v) is 4.29. The molecule has 4 heteroatoms. The molecule has 1 aromatic rings. The molecule has 2 rings (SSSR count). The largest absolute Gasteiger partial charge is 0.324 e. The van der Waals surface area contributed by atoms with E-state index in [0.29, 0.717) is 0 Å². The van der Waals surface area contributed by atoms with Crippen LogP contribution in [0.2, 0.25) is 5.02 Å². The molecule has 0 spiro atoms. The van der Waals surface area contributed by atoms with Crippen molar-refractivity contribution in [1.82, 2.24) is 0 Å². The lowest BCUT2D eigenvalue weighted by atomic mass is 10.1. The second-order valence-corrected chi connectivity index (χ2v) is 3.52. The fourth-order valence-electron chi connectivity index (χ4n) is 1.63. The normalized spacial score (nSPS) is 19.5. The van der Waals surface area contributed by atoms with Crippen molar-refractivity contribution in [2.45, 2.75) is 18.9 Å². The van der Waals surface area contributed by atoms with E-state index in [-0.39, 0.29) is 29.3 Å². The van der Waals surface area contributed by atoms with Gasteiger partial charge in [-0.1, -0.05) is 11.6 Å². The van der Waals surface area contributed by atoms with E-state index in [0.717, 1.165) is 24.0 Å². The number of fused-ring (bicyclic) bond motifs is 1. The Morgan fingerprint density at radius 2 is 2.15 bits per heavy atom. The van der Waals surface area contributed by atoms with E-state index in [1.165, 1.54) is 6.07 Å². The van der Waals surface area contributed by atoms with Crippen LogP contribution >= 0.6 is 24.0 Å². The van der Waals surface area contributed by atoms with E-state index in [1.807, 2.05) is 0 Å². The molecule has 13 heavy (non-hydrogen) atoms. The molecule has 0 fully saturated rings. The second kappa shape index (κ2) is 3.82. The lowest BCUT2D eigenvalue weighted by Crippen LogP contribution is -2.05. The minimum atomic E-state index is -0.343. The van der Waals surface area contributed by atoms with Crippen LogP contribution in [0.15, 0.2) is 12.1 Å². The Balaban J connectivity index is 0.000000845. The molecule has 1 atom stereocenters. The zero-order valence-corrected chi connectivity index (χ0v) is 8.46. The summed E-state index contributed by atoms with van der Waals surface area (Å²) in [4.78, 5) is 0. The third-order valence-electron chi connectivity index (χ3n) is 2.31. The van der Waals surface area contributed by atoms with Gasteiger partial charge in [0.2, 0.25) is 0 Å². The standard InChI is InChI=1S/C9H9ClFN.ClH/c10-7-4-6-5(3-8(7)11)1-2-9(6)12;/h3-4,9H,1-2,12H2;1H/t9-;/m0./s1. The van der Waals surface area contributed by atoms with Gasteiger partial charge in [0.25, 0.3) is 0 Å². The second-order valence-electron chi connectivity index (χ2n) is 3.11. The molecular formula is C9H10Cl2FN. The fourth-order valence-corrected chi connectivity index (χ4v) is 1.80. The van der Waals surface area contributed by atoms with Gasteiger partial charge in [0.15, 0.2) is 0 Å². The number of benzene rings is 1. The summed E-state index contributed by atoms with van der Waals surface area (Å²) in [5.74, 6) is -0.343. The van der Waals surface area contributed by atoms with Crippen LogP contribution in [-0.2, 0) is 6.42 Å². The highest BCUT2D eigenvalue weighted by molar-refractivity contribution is 6.30. The summed E-state index contributed by atoms with van der Waals surface area (Å²) in [6, 6.07) is 3.17. The van der Waals surface area contributed by atoms with Gasteiger partial charge >= 0.3 is 0 Å². The summed E-state index contributed by atoms with van der Waals surface area (Å²) in [6.45, 7) is 0. The predicted octanol–water partition coefficient (Wildman–Crippen LogP) is 2.85. The van der Waals surface area contributed by atoms with Crippen LogP contribution in [0.25, 0.3) is 0 Å². The average molecular weight is 222 g/mol. The number of rotatable bonds is 0. The average Bonchev–Trinajstić information content (AvgIpc) is 2.35. The summed E-state index contributed by atoms with van der Waals surface area (Å²) >= 11 is 5.63. The quantitative estimate of drug-likeness (QED) is 0.717. The topological polar surface area (TPSA) is 26.0 Å². The molecule has 0 unspecified atom stereocenters. The Kier molecular flexibility index (Phi) is 3.17. The van der Waals surface area contributed by atoms with Crippen molar-refractivity contribution in [3.63, 3.8) is 0 Å². The number of halogens is 3. The van der Waals surface area contributed by atoms with Gasteiger partial charge in [-0.3, -0.25) is 0 Å². The highest BCUT2D eigenvalue weighted by atomic mass is 35.5. The number of aryl methyl sites for hydroxylation is 1. The number of hydrogen-bond acceptors (Lipinski definition) is 1. The van der Waals surface area contributed by atoms with Gasteiger partial charge in [-0.25, -0.2) is 4.39 Å². The van der Waals surface area contributed by atoms with Gasteiger partial charge in [0, 0.05) is 6.04 Å². The monoisotopic (exact) mass is 221 g/mol. The van der Waals surface area contributed by atoms with Gasteiger partial charge in [-0.15, -0.1) is 12.4 Å². The van der Waals surface area contributed by atoms with E-state index in [4.69, 9.17) is 17.3 Å². The predicted molar refractivity (Wildman–Crippen MR) is 53.9 cm³/mol. The fraction of sp³-hybridized carbons (Fsp3) is 0.333. The van der Waals surface area contributed by atoms with E-state index in [9.17, 15) is 4.39 Å². The van der Waals surface area contributed by atoms with Crippen molar-refractivity contribution in [2.75, 3.05) is 0 Å². The van der Waals surface area contributed by atoms with Gasteiger partial charge in [0.1, 0.15) is 5.82 Å². The summed E-state index contributed by atoms with van der Waals surface area (Å²) in [7, 11) is 0. The molecule has 2 N–H and O–H groups in total. The molecule has 0 saturated carbocycles. The number of hydrogen-bond donors (Lipinski definition) is 1. The van der Waals surface area contributed by atoms with Gasteiger partial charge in [-0.2, -0.15) is 0 Å². The van der Waals surface area contributed by atoms with Crippen molar-refractivity contribution >= 4 is 24.0 Å². The first kappa shape index (κ1) is 10.8. The van der Waals surface area contributed by atoms with Gasteiger partial charge < -0.3 is 5.73 Å². The minimum absolute atomic E-state index is 0. The zero-order chi connectivity index (χ0) is 8.72. The van der Waals surface area contributed by atoms with E-state index in [2.05, 4.69) is 0 Å². The van der Waals surface area contributed by atoms with Crippen molar-refractivity contribution in [2.24, 2.45) is 5.73 Å². The molecule has 1 aromatic carbocycles. The molecular weight excluding hydrogens is 212 g/mol. The zero-order valence-electron chi connectivity index (χ0n) is 6.89. The maximum atomic E-state index is 12.9. The Morgan fingerprint density at radius 3 is 2.85 bits per heavy atom. The molecule has 0 heterocycles. The van der Waals surface area contributed by atoms with Crippen LogP contribution in [0.3, 0.4) is 0 Å². The van der Waals surface area contributed by atoms with Crippen LogP contribution in [0, 0.1) is 5.82 Å².